The number of hydrogen-bond acceptors (Lipinski definition) is 1. The van der Waals surface area contributed by atoms with Crippen LogP contribution in [0.5, 0.6) is 0 Å². The zero-order chi connectivity index (χ0) is 11.3. The molecule has 1 aromatic rings. The van der Waals surface area contributed by atoms with E-state index in [4.69, 9.17) is 0 Å². The van der Waals surface area contributed by atoms with Crippen LogP contribution >= 0.6 is 0 Å². The Kier molecular flexibility index (Phi) is 1.94. The number of carbonyl (C=O) groups is 1. The normalized spacial score (nSPS) is 25.2. The minimum Gasteiger partial charge on any atom is -0.303 e. The van der Waals surface area contributed by atoms with E-state index in [0.29, 0.717) is 5.56 Å². The standard InChI is InChI=1S/C13H12F2O/c14-11-5-9-8(7-16)1-2-13(3-4-13)10(9)6-12(11)15/h5-8H,1-4H2. The van der Waals surface area contributed by atoms with Crippen molar-refractivity contribution in [3.63, 3.8) is 0 Å². The van der Waals surface area contributed by atoms with E-state index in [-0.39, 0.29) is 11.3 Å². The van der Waals surface area contributed by atoms with Gasteiger partial charge in [0, 0.05) is 5.92 Å². The van der Waals surface area contributed by atoms with Gasteiger partial charge in [-0.2, -0.15) is 0 Å². The Balaban J connectivity index is 2.19. The minimum absolute atomic E-state index is 0.0589. The van der Waals surface area contributed by atoms with Crippen molar-refractivity contribution in [3.8, 4) is 0 Å². The maximum absolute atomic E-state index is 13.2. The van der Waals surface area contributed by atoms with Crippen LogP contribution in [0.2, 0.25) is 0 Å². The Hall–Kier alpha value is -1.25. The van der Waals surface area contributed by atoms with Gasteiger partial charge in [-0.05, 0) is 54.4 Å². The van der Waals surface area contributed by atoms with Gasteiger partial charge in [-0.15, -0.1) is 0 Å². The molecule has 84 valence electrons. The molecule has 1 atom stereocenters. The summed E-state index contributed by atoms with van der Waals surface area (Å²) in [6.45, 7) is 0. The fourth-order valence-electron chi connectivity index (χ4n) is 2.86. The van der Waals surface area contributed by atoms with Gasteiger partial charge in [0.2, 0.25) is 0 Å². The number of hydrogen-bond donors (Lipinski definition) is 0. The van der Waals surface area contributed by atoms with Crippen LogP contribution in [0.3, 0.4) is 0 Å². The Bertz CT molecular complexity index is 463. The summed E-state index contributed by atoms with van der Waals surface area (Å²) in [7, 11) is 0. The van der Waals surface area contributed by atoms with Crippen LogP contribution in [-0.2, 0) is 10.2 Å². The quantitative estimate of drug-likeness (QED) is 0.667. The van der Waals surface area contributed by atoms with Gasteiger partial charge < -0.3 is 4.79 Å². The summed E-state index contributed by atoms with van der Waals surface area (Å²) in [6, 6.07) is 2.51. The molecule has 0 N–H and O–H groups in total. The first-order chi connectivity index (χ1) is 7.66. The number of rotatable bonds is 1. The third-order valence-electron chi connectivity index (χ3n) is 4.01. The summed E-state index contributed by atoms with van der Waals surface area (Å²) in [5.74, 6) is -1.89. The zero-order valence-corrected chi connectivity index (χ0v) is 8.80. The summed E-state index contributed by atoms with van der Waals surface area (Å²) in [6.07, 6.45) is 4.62. The molecule has 3 rings (SSSR count). The molecule has 1 fully saturated rings. The molecule has 16 heavy (non-hydrogen) atoms. The molecule has 0 heterocycles. The second-order valence-corrected chi connectivity index (χ2v) is 4.92. The van der Waals surface area contributed by atoms with E-state index >= 15 is 0 Å². The van der Waals surface area contributed by atoms with Crippen LogP contribution in [0.15, 0.2) is 12.1 Å². The van der Waals surface area contributed by atoms with Crippen molar-refractivity contribution in [1.82, 2.24) is 0 Å². The lowest BCUT2D eigenvalue weighted by Crippen LogP contribution is -2.21. The molecule has 0 amide bonds. The summed E-state index contributed by atoms with van der Waals surface area (Å²) >= 11 is 0. The van der Waals surface area contributed by atoms with Gasteiger partial charge >= 0.3 is 0 Å². The van der Waals surface area contributed by atoms with Crippen molar-refractivity contribution < 1.29 is 13.6 Å². The fraction of sp³-hybridized carbons (Fsp3) is 0.462. The predicted octanol–water partition coefficient (Wildman–Crippen LogP) is 3.07. The molecule has 1 nitrogen and oxygen atoms in total. The third kappa shape index (κ3) is 1.24. The topological polar surface area (TPSA) is 17.1 Å². The highest BCUT2D eigenvalue weighted by atomic mass is 19.2. The zero-order valence-electron chi connectivity index (χ0n) is 8.80. The number of aldehydes is 1. The fourth-order valence-corrected chi connectivity index (χ4v) is 2.86. The van der Waals surface area contributed by atoms with Crippen LogP contribution in [0.1, 0.15) is 42.7 Å². The van der Waals surface area contributed by atoms with Gasteiger partial charge in [-0.25, -0.2) is 8.78 Å². The van der Waals surface area contributed by atoms with E-state index in [0.717, 1.165) is 37.5 Å². The molecular formula is C13H12F2O. The molecule has 0 aliphatic heterocycles. The van der Waals surface area contributed by atoms with Crippen molar-refractivity contribution in [2.24, 2.45) is 0 Å². The molecule has 2 aliphatic carbocycles. The van der Waals surface area contributed by atoms with Crippen LogP contribution in [-0.4, -0.2) is 6.29 Å². The molecule has 1 aromatic carbocycles. The second-order valence-electron chi connectivity index (χ2n) is 4.92. The van der Waals surface area contributed by atoms with E-state index in [1.165, 1.54) is 12.1 Å². The van der Waals surface area contributed by atoms with Crippen molar-refractivity contribution in [3.05, 3.63) is 34.9 Å². The van der Waals surface area contributed by atoms with Gasteiger partial charge in [0.05, 0.1) is 0 Å². The van der Waals surface area contributed by atoms with Crippen molar-refractivity contribution >= 4 is 6.29 Å². The monoisotopic (exact) mass is 222 g/mol. The van der Waals surface area contributed by atoms with Gasteiger partial charge in [0.15, 0.2) is 11.6 Å². The number of carbonyl (C=O) groups excluding carboxylic acids is 1. The van der Waals surface area contributed by atoms with Crippen LogP contribution in [0.4, 0.5) is 8.78 Å². The largest absolute Gasteiger partial charge is 0.303 e. The lowest BCUT2D eigenvalue weighted by Gasteiger charge is -2.29. The molecule has 3 heteroatoms. The Labute approximate surface area is 92.5 Å². The Morgan fingerprint density at radius 2 is 1.88 bits per heavy atom. The predicted molar refractivity (Wildman–Crippen MR) is 55.3 cm³/mol. The summed E-state index contributed by atoms with van der Waals surface area (Å²) in [5.41, 5.74) is 1.64. The average molecular weight is 222 g/mol. The van der Waals surface area contributed by atoms with Gasteiger partial charge in [-0.1, -0.05) is 0 Å². The summed E-state index contributed by atoms with van der Waals surface area (Å²) in [4.78, 5) is 10.9. The molecule has 0 bridgehead atoms. The third-order valence-corrected chi connectivity index (χ3v) is 4.01. The number of fused-ring (bicyclic) bond motifs is 2. The molecule has 2 aliphatic rings. The van der Waals surface area contributed by atoms with Crippen molar-refractivity contribution in [2.75, 3.05) is 0 Å². The van der Waals surface area contributed by atoms with E-state index in [1.807, 2.05) is 0 Å². The highest BCUT2D eigenvalue weighted by molar-refractivity contribution is 5.65. The van der Waals surface area contributed by atoms with E-state index in [1.54, 1.807) is 0 Å². The van der Waals surface area contributed by atoms with Crippen LogP contribution < -0.4 is 0 Å². The highest BCUT2D eigenvalue weighted by Crippen LogP contribution is 2.57. The second kappa shape index (κ2) is 3.12. The molecule has 0 radical (unpaired) electrons. The first-order valence-electron chi connectivity index (χ1n) is 5.61. The maximum atomic E-state index is 13.2. The van der Waals surface area contributed by atoms with Crippen molar-refractivity contribution in [1.29, 1.82) is 0 Å². The first-order valence-corrected chi connectivity index (χ1v) is 5.61. The average Bonchev–Trinajstić information content (AvgIpc) is 3.03. The van der Waals surface area contributed by atoms with Crippen molar-refractivity contribution in [2.45, 2.75) is 37.0 Å². The Morgan fingerprint density at radius 1 is 1.19 bits per heavy atom. The molecule has 1 spiro atoms. The van der Waals surface area contributed by atoms with Gasteiger partial charge in [0.1, 0.15) is 6.29 Å². The summed E-state index contributed by atoms with van der Waals surface area (Å²) in [5, 5.41) is 0. The minimum atomic E-state index is -0.844. The van der Waals surface area contributed by atoms with Crippen LogP contribution in [0.25, 0.3) is 0 Å². The maximum Gasteiger partial charge on any atom is 0.159 e. The molecule has 0 aromatic heterocycles. The van der Waals surface area contributed by atoms with Gasteiger partial charge in [-0.3, -0.25) is 0 Å². The molecule has 0 saturated heterocycles. The molecule has 1 saturated carbocycles. The van der Waals surface area contributed by atoms with E-state index in [9.17, 15) is 13.6 Å². The number of benzene rings is 1. The smallest absolute Gasteiger partial charge is 0.159 e. The highest BCUT2D eigenvalue weighted by Gasteiger charge is 2.49. The molecule has 1 unspecified atom stereocenters. The Morgan fingerprint density at radius 3 is 2.50 bits per heavy atom. The van der Waals surface area contributed by atoms with Crippen LogP contribution in [0, 0.1) is 11.6 Å². The molecular weight excluding hydrogens is 210 g/mol. The number of halogens is 2. The van der Waals surface area contributed by atoms with E-state index < -0.39 is 11.6 Å². The summed E-state index contributed by atoms with van der Waals surface area (Å²) < 4.78 is 26.4. The first kappa shape index (κ1) is 9.94. The van der Waals surface area contributed by atoms with Gasteiger partial charge in [0.25, 0.3) is 0 Å². The van der Waals surface area contributed by atoms with E-state index in [2.05, 4.69) is 0 Å². The lowest BCUT2D eigenvalue weighted by atomic mass is 9.75. The SMILES string of the molecule is O=CC1CCC2(CC2)c2cc(F)c(F)cc21. The lowest BCUT2D eigenvalue weighted by molar-refractivity contribution is -0.109.